The molecular weight excluding hydrogens is 438 g/mol. The predicted octanol–water partition coefficient (Wildman–Crippen LogP) is 1.68. The Balaban J connectivity index is 1.65. The van der Waals surface area contributed by atoms with Crippen LogP contribution in [0.25, 0.3) is 0 Å². The SMILES string of the molecule is CN1CCC2(C1)CN(S(=O)(=O)c1nc(Br)nn1COCC[Si](C)(C)C)C2. The van der Waals surface area contributed by atoms with Gasteiger partial charge in [0.1, 0.15) is 6.73 Å². The van der Waals surface area contributed by atoms with Crippen molar-refractivity contribution in [3.8, 4) is 0 Å². The molecule has 0 aromatic carbocycles. The first-order valence-corrected chi connectivity index (χ1v) is 14.8. The molecule has 3 rings (SSSR count). The number of halogens is 1. The molecule has 0 radical (unpaired) electrons. The third kappa shape index (κ3) is 4.38. The van der Waals surface area contributed by atoms with Gasteiger partial charge in [0, 0.05) is 39.7 Å². The lowest BCUT2D eigenvalue weighted by Gasteiger charge is -2.46. The third-order valence-electron chi connectivity index (χ3n) is 5.05. The normalized spacial score (nSPS) is 21.4. The number of aromatic nitrogens is 3. The van der Waals surface area contributed by atoms with Crippen molar-refractivity contribution in [3.05, 3.63) is 4.73 Å². The van der Waals surface area contributed by atoms with E-state index in [2.05, 4.69) is 57.6 Å². The molecule has 0 atom stereocenters. The Morgan fingerprint density at radius 2 is 1.96 bits per heavy atom. The summed E-state index contributed by atoms with van der Waals surface area (Å²) in [6, 6.07) is 1.02. The highest BCUT2D eigenvalue weighted by Gasteiger charge is 2.52. The van der Waals surface area contributed by atoms with Gasteiger partial charge in [-0.25, -0.2) is 13.1 Å². The fourth-order valence-electron chi connectivity index (χ4n) is 3.51. The average Bonchev–Trinajstić information content (AvgIpc) is 3.05. The fourth-order valence-corrected chi connectivity index (χ4v) is 6.42. The number of likely N-dealkylation sites (tertiary alicyclic amines) is 1. The molecule has 1 aromatic heterocycles. The molecule has 3 heterocycles. The summed E-state index contributed by atoms with van der Waals surface area (Å²) in [4.78, 5) is 6.36. The lowest BCUT2D eigenvalue weighted by atomic mass is 9.81. The van der Waals surface area contributed by atoms with Crippen molar-refractivity contribution in [3.63, 3.8) is 0 Å². The van der Waals surface area contributed by atoms with Gasteiger partial charge in [0.2, 0.25) is 4.73 Å². The van der Waals surface area contributed by atoms with E-state index in [0.29, 0.717) is 19.7 Å². The van der Waals surface area contributed by atoms with Gasteiger partial charge in [-0.05, 0) is 42.0 Å². The monoisotopic (exact) mass is 465 g/mol. The van der Waals surface area contributed by atoms with Crippen molar-refractivity contribution in [2.24, 2.45) is 5.41 Å². The van der Waals surface area contributed by atoms with Gasteiger partial charge in [0.15, 0.2) is 0 Å². The first-order chi connectivity index (χ1) is 12.0. The number of rotatable bonds is 7. The molecule has 148 valence electrons. The first-order valence-electron chi connectivity index (χ1n) is 8.88. The van der Waals surface area contributed by atoms with Gasteiger partial charge < -0.3 is 9.64 Å². The van der Waals surface area contributed by atoms with Crippen LogP contribution < -0.4 is 0 Å². The van der Waals surface area contributed by atoms with Crippen LogP contribution in [0.1, 0.15) is 6.42 Å². The maximum Gasteiger partial charge on any atom is 0.278 e. The molecule has 0 N–H and O–H groups in total. The van der Waals surface area contributed by atoms with Gasteiger partial charge in [-0.1, -0.05) is 19.6 Å². The van der Waals surface area contributed by atoms with Gasteiger partial charge in [-0.2, -0.15) is 9.29 Å². The Bertz CT molecular complexity index is 758. The molecule has 0 bridgehead atoms. The smallest absolute Gasteiger partial charge is 0.278 e. The summed E-state index contributed by atoms with van der Waals surface area (Å²) in [7, 11) is -2.76. The van der Waals surface area contributed by atoms with Crippen LogP contribution in [0.15, 0.2) is 9.89 Å². The van der Waals surface area contributed by atoms with E-state index in [-0.39, 0.29) is 22.0 Å². The van der Waals surface area contributed by atoms with E-state index in [1.54, 1.807) is 0 Å². The maximum absolute atomic E-state index is 13.0. The summed E-state index contributed by atoms with van der Waals surface area (Å²) in [6.07, 6.45) is 1.05. The Hall–Kier alpha value is -0.333. The van der Waals surface area contributed by atoms with E-state index in [1.165, 1.54) is 8.99 Å². The molecule has 2 saturated heterocycles. The van der Waals surface area contributed by atoms with E-state index in [1.807, 2.05) is 0 Å². The van der Waals surface area contributed by atoms with Crippen LogP contribution in [-0.4, -0.2) is 80.3 Å². The van der Waals surface area contributed by atoms with Crippen LogP contribution >= 0.6 is 15.9 Å². The van der Waals surface area contributed by atoms with E-state index < -0.39 is 18.1 Å². The topological polar surface area (TPSA) is 80.6 Å². The highest BCUT2D eigenvalue weighted by molar-refractivity contribution is 9.10. The van der Waals surface area contributed by atoms with Crippen molar-refractivity contribution < 1.29 is 13.2 Å². The standard InChI is InChI=1S/C15H28BrN5O3SSi/c1-19-6-5-15(9-19)10-20(11-15)25(22,23)14-17-13(16)18-21(14)12-24-7-8-26(2,3)4/h5-12H2,1-4H3. The van der Waals surface area contributed by atoms with Gasteiger partial charge in [0.05, 0.1) is 0 Å². The zero-order chi connectivity index (χ0) is 19.2. The lowest BCUT2D eigenvalue weighted by Crippen LogP contribution is -2.59. The molecule has 0 saturated carbocycles. The summed E-state index contributed by atoms with van der Waals surface area (Å²) in [6.45, 7) is 10.6. The second-order valence-electron chi connectivity index (χ2n) is 8.77. The molecule has 1 spiro atoms. The van der Waals surface area contributed by atoms with Crippen molar-refractivity contribution in [2.75, 3.05) is 39.8 Å². The van der Waals surface area contributed by atoms with Crippen LogP contribution in [0.5, 0.6) is 0 Å². The van der Waals surface area contributed by atoms with Crippen molar-refractivity contribution in [1.82, 2.24) is 24.0 Å². The second-order valence-corrected chi connectivity index (χ2v) is 16.9. The highest BCUT2D eigenvalue weighted by Crippen LogP contribution is 2.41. The average molecular weight is 466 g/mol. The van der Waals surface area contributed by atoms with Crippen LogP contribution in [0, 0.1) is 5.41 Å². The van der Waals surface area contributed by atoms with E-state index >= 15 is 0 Å². The first kappa shape index (κ1) is 20.4. The van der Waals surface area contributed by atoms with Gasteiger partial charge in [-0.3, -0.25) is 0 Å². The summed E-state index contributed by atoms with van der Waals surface area (Å²) < 4.78 is 34.8. The summed E-state index contributed by atoms with van der Waals surface area (Å²) in [5.41, 5.74) is 0.109. The Kier molecular flexibility index (Phi) is 5.69. The molecule has 2 fully saturated rings. The van der Waals surface area contributed by atoms with Crippen LogP contribution in [-0.2, 0) is 21.5 Å². The quantitative estimate of drug-likeness (QED) is 0.449. The van der Waals surface area contributed by atoms with E-state index in [4.69, 9.17) is 4.74 Å². The maximum atomic E-state index is 13.0. The minimum atomic E-state index is -3.66. The predicted molar refractivity (Wildman–Crippen MR) is 105 cm³/mol. The molecule has 26 heavy (non-hydrogen) atoms. The zero-order valence-electron chi connectivity index (χ0n) is 15.9. The number of hydrogen-bond donors (Lipinski definition) is 0. The minimum absolute atomic E-state index is 0.0430. The number of ether oxygens (including phenoxy) is 1. The molecule has 1 aromatic rings. The molecule has 0 unspecified atom stereocenters. The summed E-state index contributed by atoms with van der Waals surface area (Å²) >= 11 is 3.19. The number of hydrogen-bond acceptors (Lipinski definition) is 6. The van der Waals surface area contributed by atoms with E-state index in [9.17, 15) is 8.42 Å². The van der Waals surface area contributed by atoms with Crippen LogP contribution in [0.2, 0.25) is 25.7 Å². The molecular formula is C15H28BrN5O3SSi. The van der Waals surface area contributed by atoms with Gasteiger partial charge in [0.25, 0.3) is 15.2 Å². The number of nitrogens with zero attached hydrogens (tertiary/aromatic N) is 5. The molecule has 11 heteroatoms. The van der Waals surface area contributed by atoms with Crippen molar-refractivity contribution in [2.45, 2.75) is 44.0 Å². The second kappa shape index (κ2) is 7.25. The van der Waals surface area contributed by atoms with Gasteiger partial charge in [-0.15, -0.1) is 5.10 Å². The third-order valence-corrected chi connectivity index (χ3v) is 8.79. The van der Waals surface area contributed by atoms with Crippen LogP contribution in [0.3, 0.4) is 0 Å². The summed E-state index contributed by atoms with van der Waals surface area (Å²) in [5.74, 6) is 0. The van der Waals surface area contributed by atoms with Crippen molar-refractivity contribution in [1.29, 1.82) is 0 Å². The zero-order valence-corrected chi connectivity index (χ0v) is 19.3. The van der Waals surface area contributed by atoms with E-state index in [0.717, 1.165) is 25.6 Å². The molecule has 2 aliphatic heterocycles. The Morgan fingerprint density at radius 3 is 2.54 bits per heavy atom. The van der Waals surface area contributed by atoms with Crippen molar-refractivity contribution >= 4 is 34.0 Å². The molecule has 0 aliphatic carbocycles. The minimum Gasteiger partial charge on any atom is -0.359 e. The lowest BCUT2D eigenvalue weighted by molar-refractivity contribution is 0.0659. The highest BCUT2D eigenvalue weighted by atomic mass is 79.9. The number of sulfonamides is 1. The van der Waals surface area contributed by atoms with Crippen LogP contribution in [0.4, 0.5) is 0 Å². The Labute approximate surface area is 165 Å². The molecule has 2 aliphatic rings. The molecule has 8 nitrogen and oxygen atoms in total. The fraction of sp³-hybridized carbons (Fsp3) is 0.867. The molecule has 0 amide bonds. The summed E-state index contributed by atoms with van der Waals surface area (Å²) in [5, 5.41) is 4.10. The van der Waals surface area contributed by atoms with Gasteiger partial charge >= 0.3 is 0 Å². The Morgan fingerprint density at radius 1 is 1.27 bits per heavy atom. The largest absolute Gasteiger partial charge is 0.359 e.